The van der Waals surface area contributed by atoms with Gasteiger partial charge in [-0.3, -0.25) is 9.62 Å². The second-order valence-electron chi connectivity index (χ2n) is 4.50. The van der Waals surface area contributed by atoms with Crippen LogP contribution in [0.5, 0.6) is 0 Å². The molecule has 2 rings (SSSR count). The number of rotatable bonds is 5. The molecule has 0 aliphatic carbocycles. The number of morpholine rings is 1. The van der Waals surface area contributed by atoms with Gasteiger partial charge < -0.3 is 10.5 Å². The summed E-state index contributed by atoms with van der Waals surface area (Å²) in [5, 5.41) is 0. The van der Waals surface area contributed by atoms with E-state index in [2.05, 4.69) is 9.62 Å². The van der Waals surface area contributed by atoms with Crippen molar-refractivity contribution in [2.45, 2.75) is 0 Å². The summed E-state index contributed by atoms with van der Waals surface area (Å²) < 4.78 is 31.6. The first-order valence-electron chi connectivity index (χ1n) is 6.21. The molecule has 0 saturated carbocycles. The molecular weight excluding hydrogens is 266 g/mol. The average molecular weight is 285 g/mol. The van der Waals surface area contributed by atoms with Gasteiger partial charge in [-0.2, -0.15) is 0 Å². The van der Waals surface area contributed by atoms with Crippen molar-refractivity contribution in [2.24, 2.45) is 0 Å². The largest absolute Gasteiger partial charge is 0.399 e. The molecule has 0 radical (unpaired) electrons. The number of nitrogens with two attached hydrogens (primary N) is 1. The van der Waals surface area contributed by atoms with E-state index in [0.29, 0.717) is 31.1 Å². The van der Waals surface area contributed by atoms with Gasteiger partial charge in [0.15, 0.2) is 0 Å². The van der Waals surface area contributed by atoms with Crippen molar-refractivity contribution >= 4 is 21.4 Å². The molecule has 1 heterocycles. The Kier molecular flexibility index (Phi) is 4.62. The Labute approximate surface area is 113 Å². The van der Waals surface area contributed by atoms with E-state index in [9.17, 15) is 8.42 Å². The Hall–Kier alpha value is -1.31. The van der Waals surface area contributed by atoms with Crippen LogP contribution in [0.15, 0.2) is 24.3 Å². The van der Waals surface area contributed by atoms with Crippen LogP contribution in [0, 0.1) is 0 Å². The summed E-state index contributed by atoms with van der Waals surface area (Å²) >= 11 is 0. The van der Waals surface area contributed by atoms with Crippen LogP contribution in [-0.2, 0) is 14.8 Å². The summed E-state index contributed by atoms with van der Waals surface area (Å²) in [5.74, 6) is 0.0712. The molecule has 6 nitrogen and oxygen atoms in total. The average Bonchev–Trinajstić information content (AvgIpc) is 2.37. The van der Waals surface area contributed by atoms with Crippen molar-refractivity contribution < 1.29 is 13.2 Å². The van der Waals surface area contributed by atoms with Gasteiger partial charge in [0.05, 0.1) is 24.7 Å². The van der Waals surface area contributed by atoms with E-state index in [1.807, 2.05) is 0 Å². The maximum absolute atomic E-state index is 11.9. The number of nitrogens with one attached hydrogen (secondary N) is 1. The third kappa shape index (κ3) is 4.70. The molecule has 1 aliphatic heterocycles. The third-order valence-electron chi connectivity index (χ3n) is 2.94. The number of nitrogens with zero attached hydrogens (tertiary/aromatic N) is 1. The Morgan fingerprint density at radius 1 is 1.32 bits per heavy atom. The molecule has 1 fully saturated rings. The standard InChI is InChI=1S/C12H19N3O3S/c13-11-2-1-3-12(10-11)14-19(16,17)9-6-15-4-7-18-8-5-15/h1-3,10,14H,4-9,13H2. The highest BCUT2D eigenvalue weighted by atomic mass is 32.2. The molecule has 0 aromatic heterocycles. The highest BCUT2D eigenvalue weighted by Crippen LogP contribution is 2.13. The van der Waals surface area contributed by atoms with E-state index in [4.69, 9.17) is 10.5 Å². The lowest BCUT2D eigenvalue weighted by Gasteiger charge is -2.26. The van der Waals surface area contributed by atoms with Crippen LogP contribution in [0.2, 0.25) is 0 Å². The Bertz CT molecular complexity index is 513. The molecule has 0 spiro atoms. The molecule has 0 amide bonds. The zero-order valence-corrected chi connectivity index (χ0v) is 11.5. The van der Waals surface area contributed by atoms with Gasteiger partial charge in [0.25, 0.3) is 0 Å². The summed E-state index contributed by atoms with van der Waals surface area (Å²) in [7, 11) is -3.34. The van der Waals surface area contributed by atoms with Crippen LogP contribution in [0.3, 0.4) is 0 Å². The second-order valence-corrected chi connectivity index (χ2v) is 6.34. The minimum atomic E-state index is -3.34. The summed E-state index contributed by atoms with van der Waals surface area (Å²) in [5.41, 5.74) is 6.65. The first-order chi connectivity index (χ1) is 9.05. The normalized spacial score (nSPS) is 17.3. The summed E-state index contributed by atoms with van der Waals surface area (Å²) in [6.45, 7) is 3.42. The second kappa shape index (κ2) is 6.23. The molecular formula is C12H19N3O3S. The molecule has 0 atom stereocenters. The molecule has 1 aromatic rings. The van der Waals surface area contributed by atoms with E-state index in [-0.39, 0.29) is 5.75 Å². The van der Waals surface area contributed by atoms with Gasteiger partial charge >= 0.3 is 0 Å². The van der Waals surface area contributed by atoms with Gasteiger partial charge in [-0.1, -0.05) is 6.07 Å². The van der Waals surface area contributed by atoms with E-state index in [0.717, 1.165) is 13.1 Å². The Balaban J connectivity index is 1.87. The lowest BCUT2D eigenvalue weighted by atomic mass is 10.3. The van der Waals surface area contributed by atoms with Crippen LogP contribution in [-0.4, -0.2) is 51.9 Å². The molecule has 19 heavy (non-hydrogen) atoms. The highest BCUT2D eigenvalue weighted by molar-refractivity contribution is 7.92. The van der Waals surface area contributed by atoms with Gasteiger partial charge in [0.1, 0.15) is 0 Å². The SMILES string of the molecule is Nc1cccc(NS(=O)(=O)CCN2CCOCC2)c1. The topological polar surface area (TPSA) is 84.7 Å². The Morgan fingerprint density at radius 3 is 2.74 bits per heavy atom. The molecule has 3 N–H and O–H groups in total. The first kappa shape index (κ1) is 14.1. The van der Waals surface area contributed by atoms with Gasteiger partial charge in [-0.15, -0.1) is 0 Å². The maximum Gasteiger partial charge on any atom is 0.233 e. The summed E-state index contributed by atoms with van der Waals surface area (Å²) in [6, 6.07) is 6.72. The Morgan fingerprint density at radius 2 is 2.05 bits per heavy atom. The predicted molar refractivity (Wildman–Crippen MR) is 75.5 cm³/mol. The molecule has 7 heteroatoms. The van der Waals surface area contributed by atoms with Crippen molar-refractivity contribution in [2.75, 3.05) is 49.1 Å². The van der Waals surface area contributed by atoms with Crippen LogP contribution < -0.4 is 10.5 Å². The lowest BCUT2D eigenvalue weighted by molar-refractivity contribution is 0.0408. The molecule has 106 valence electrons. The summed E-state index contributed by atoms with van der Waals surface area (Å²) in [6.07, 6.45) is 0. The number of anilines is 2. The van der Waals surface area contributed by atoms with Gasteiger partial charge in [0.2, 0.25) is 10.0 Å². The van der Waals surface area contributed by atoms with Gasteiger partial charge in [-0.25, -0.2) is 8.42 Å². The number of ether oxygens (including phenoxy) is 1. The number of hydrogen-bond donors (Lipinski definition) is 2. The fraction of sp³-hybridized carbons (Fsp3) is 0.500. The minimum absolute atomic E-state index is 0.0712. The molecule has 1 aromatic carbocycles. The predicted octanol–water partition coefficient (Wildman–Crippen LogP) is 0.343. The van der Waals surface area contributed by atoms with Crippen molar-refractivity contribution in [3.8, 4) is 0 Å². The quantitative estimate of drug-likeness (QED) is 0.762. The monoisotopic (exact) mass is 285 g/mol. The van der Waals surface area contributed by atoms with Crippen LogP contribution in [0.4, 0.5) is 11.4 Å². The fourth-order valence-electron chi connectivity index (χ4n) is 1.91. The highest BCUT2D eigenvalue weighted by Gasteiger charge is 2.15. The first-order valence-corrected chi connectivity index (χ1v) is 7.86. The van der Waals surface area contributed by atoms with Crippen molar-refractivity contribution in [3.05, 3.63) is 24.3 Å². The van der Waals surface area contributed by atoms with E-state index in [1.165, 1.54) is 0 Å². The molecule has 1 saturated heterocycles. The molecule has 1 aliphatic rings. The minimum Gasteiger partial charge on any atom is -0.399 e. The van der Waals surface area contributed by atoms with Crippen LogP contribution >= 0.6 is 0 Å². The van der Waals surface area contributed by atoms with Crippen molar-refractivity contribution in [1.29, 1.82) is 0 Å². The van der Waals surface area contributed by atoms with Gasteiger partial charge in [0, 0.05) is 25.3 Å². The number of sulfonamides is 1. The summed E-state index contributed by atoms with van der Waals surface area (Å²) in [4.78, 5) is 2.09. The fourth-order valence-corrected chi connectivity index (χ4v) is 2.99. The molecule has 0 unspecified atom stereocenters. The van der Waals surface area contributed by atoms with Gasteiger partial charge in [-0.05, 0) is 18.2 Å². The third-order valence-corrected chi connectivity index (χ3v) is 4.21. The van der Waals surface area contributed by atoms with E-state index < -0.39 is 10.0 Å². The lowest BCUT2D eigenvalue weighted by Crippen LogP contribution is -2.39. The smallest absolute Gasteiger partial charge is 0.233 e. The van der Waals surface area contributed by atoms with E-state index >= 15 is 0 Å². The number of benzene rings is 1. The number of nitrogen functional groups attached to an aromatic ring is 1. The zero-order valence-electron chi connectivity index (χ0n) is 10.7. The van der Waals surface area contributed by atoms with Crippen LogP contribution in [0.1, 0.15) is 0 Å². The zero-order chi connectivity index (χ0) is 13.7. The van der Waals surface area contributed by atoms with E-state index in [1.54, 1.807) is 24.3 Å². The van der Waals surface area contributed by atoms with Crippen molar-refractivity contribution in [3.63, 3.8) is 0 Å². The van der Waals surface area contributed by atoms with Crippen molar-refractivity contribution in [1.82, 2.24) is 4.90 Å². The molecule has 0 bridgehead atoms. The maximum atomic E-state index is 11.9. The number of hydrogen-bond acceptors (Lipinski definition) is 5. The van der Waals surface area contributed by atoms with Crippen LogP contribution in [0.25, 0.3) is 0 Å².